The summed E-state index contributed by atoms with van der Waals surface area (Å²) in [4.78, 5) is 53.4. The van der Waals surface area contributed by atoms with Crippen molar-refractivity contribution in [3.8, 4) is 47.4 Å². The van der Waals surface area contributed by atoms with Crippen LogP contribution in [0.4, 0.5) is 0 Å². The number of nitrogens with two attached hydrogens (primary N) is 1. The van der Waals surface area contributed by atoms with Crippen LogP contribution in [0.2, 0.25) is 0 Å². The van der Waals surface area contributed by atoms with Gasteiger partial charge in [0.2, 0.25) is 29.5 Å². The standard InChI is InChI=1S/C12H20N2O2.C11H20N2O2.C6H9NO.C4H7N.C4H6/c1-3-4-9-14-12(16)8-6-5-7-10-13-11(2)15;1-3-7-11(15)13-9-6-4-5-8-12-10(2)14;1-3-4-5-7-6(2)8;1-2-3-4-5;1-3-4-2/h5-10H2,1-2H3,(H,13,15)(H,14,16);3,7H,4-6,8-9H2,1-2H3,(H,12,14)(H,13,15);5H2,1-2H3,(H,7,8);4-5H2,1H3;1-2H3. The molecule has 0 unspecified atom stereocenters. The number of carbonyl (C=O) groups excluding carboxylic acids is 5. The van der Waals surface area contributed by atoms with E-state index in [1.807, 2.05) is 20.8 Å². The Morgan fingerprint density at radius 3 is 1.31 bits per heavy atom. The monoisotopic (exact) mass is 670 g/mol. The lowest BCUT2D eigenvalue weighted by Crippen LogP contribution is -2.23. The number of hydrogen-bond acceptors (Lipinski definition) is 6. The molecule has 0 fully saturated rings. The molecule has 0 aromatic rings. The van der Waals surface area contributed by atoms with Crippen molar-refractivity contribution in [3.63, 3.8) is 0 Å². The topological polar surface area (TPSA) is 172 Å². The number of rotatable bonds is 15. The molecule has 0 saturated heterocycles. The highest BCUT2D eigenvalue weighted by molar-refractivity contribution is 5.87. The number of carbonyl (C=O) groups is 5. The van der Waals surface area contributed by atoms with Crippen LogP contribution in [0.3, 0.4) is 0 Å². The van der Waals surface area contributed by atoms with Gasteiger partial charge in [-0.25, -0.2) is 0 Å². The molecule has 0 atom stereocenters. The van der Waals surface area contributed by atoms with Crippen molar-refractivity contribution in [1.82, 2.24) is 26.6 Å². The van der Waals surface area contributed by atoms with Gasteiger partial charge in [-0.15, -0.1) is 29.6 Å². The summed E-state index contributed by atoms with van der Waals surface area (Å²) in [5.41, 5.74) is 4.97. The zero-order valence-electron chi connectivity index (χ0n) is 31.0. The van der Waals surface area contributed by atoms with E-state index < -0.39 is 0 Å². The van der Waals surface area contributed by atoms with E-state index in [1.54, 1.807) is 26.8 Å². The zero-order valence-corrected chi connectivity index (χ0v) is 31.0. The molecule has 0 rings (SSSR count). The van der Waals surface area contributed by atoms with Crippen molar-refractivity contribution in [3.05, 3.63) is 12.2 Å². The molecule has 0 radical (unpaired) electrons. The van der Waals surface area contributed by atoms with E-state index in [-0.39, 0.29) is 29.5 Å². The Hall–Kier alpha value is -4.71. The van der Waals surface area contributed by atoms with Gasteiger partial charge in [0.15, 0.2) is 0 Å². The Morgan fingerprint density at radius 2 is 0.958 bits per heavy atom. The number of allylic oxidation sites excluding steroid dienone is 1. The molecule has 5 amide bonds. The van der Waals surface area contributed by atoms with Crippen molar-refractivity contribution < 1.29 is 24.0 Å². The van der Waals surface area contributed by atoms with E-state index in [0.29, 0.717) is 39.1 Å². The second-order valence-electron chi connectivity index (χ2n) is 9.30. The van der Waals surface area contributed by atoms with Gasteiger partial charge in [-0.05, 0) is 79.7 Å². The summed E-state index contributed by atoms with van der Waals surface area (Å²) in [5, 5.41) is 13.5. The maximum absolute atomic E-state index is 11.2. The third kappa shape index (κ3) is 73.1. The van der Waals surface area contributed by atoms with E-state index in [0.717, 1.165) is 45.1 Å². The minimum absolute atomic E-state index is 0.00381. The molecule has 7 N–H and O–H groups in total. The van der Waals surface area contributed by atoms with Crippen molar-refractivity contribution in [2.45, 2.75) is 107 Å². The first-order chi connectivity index (χ1) is 22.9. The van der Waals surface area contributed by atoms with Crippen molar-refractivity contribution >= 4 is 29.5 Å². The molecular formula is C37H62N6O5. The summed E-state index contributed by atoms with van der Waals surface area (Å²) in [6.07, 6.45) is 9.40. The van der Waals surface area contributed by atoms with Crippen LogP contribution in [0.5, 0.6) is 0 Å². The van der Waals surface area contributed by atoms with Crippen molar-refractivity contribution in [2.24, 2.45) is 5.73 Å². The first-order valence-corrected chi connectivity index (χ1v) is 16.1. The molecule has 0 aliphatic rings. The number of unbranched alkanes of at least 4 members (excludes halogenated alkanes) is 4. The average Bonchev–Trinajstić information content (AvgIpc) is 3.03. The Bertz CT molecular complexity index is 1110. The first kappa shape index (κ1) is 52.8. The molecule has 11 heteroatoms. The highest BCUT2D eigenvalue weighted by Gasteiger charge is 1.99. The lowest BCUT2D eigenvalue weighted by atomic mass is 10.2. The Kier molecular flexibility index (Phi) is 54.1. The highest BCUT2D eigenvalue weighted by Crippen LogP contribution is 1.98. The van der Waals surface area contributed by atoms with E-state index in [4.69, 9.17) is 5.73 Å². The second-order valence-corrected chi connectivity index (χ2v) is 9.30. The van der Waals surface area contributed by atoms with Crippen LogP contribution >= 0.6 is 0 Å². The van der Waals surface area contributed by atoms with Crippen LogP contribution in [-0.4, -0.2) is 68.8 Å². The summed E-state index contributed by atoms with van der Waals surface area (Å²) in [6, 6.07) is 0. The largest absolute Gasteiger partial charge is 0.356 e. The Balaban J connectivity index is -0.000000176. The third-order valence-electron chi connectivity index (χ3n) is 4.98. The maximum Gasteiger partial charge on any atom is 0.243 e. The molecule has 0 aliphatic heterocycles. The molecular weight excluding hydrogens is 608 g/mol. The quantitative estimate of drug-likeness (QED) is 0.0889. The fourth-order valence-corrected chi connectivity index (χ4v) is 2.64. The molecule has 0 bridgehead atoms. The smallest absolute Gasteiger partial charge is 0.243 e. The first-order valence-electron chi connectivity index (χ1n) is 16.1. The van der Waals surface area contributed by atoms with Crippen molar-refractivity contribution in [2.75, 3.05) is 39.3 Å². The van der Waals surface area contributed by atoms with Gasteiger partial charge in [-0.2, -0.15) is 0 Å². The lowest BCUT2D eigenvalue weighted by Gasteiger charge is -2.03. The summed E-state index contributed by atoms with van der Waals surface area (Å²) >= 11 is 0. The fraction of sp³-hybridized carbons (Fsp3) is 0.595. The fourth-order valence-electron chi connectivity index (χ4n) is 2.64. The normalized spacial score (nSPS) is 8.12. The van der Waals surface area contributed by atoms with Crippen LogP contribution in [0.25, 0.3) is 0 Å². The van der Waals surface area contributed by atoms with E-state index in [2.05, 4.69) is 73.9 Å². The molecule has 0 saturated carbocycles. The van der Waals surface area contributed by atoms with Gasteiger partial charge < -0.3 is 32.3 Å². The van der Waals surface area contributed by atoms with Crippen LogP contribution < -0.4 is 32.3 Å². The van der Waals surface area contributed by atoms with Gasteiger partial charge >= 0.3 is 0 Å². The summed E-state index contributed by atoms with van der Waals surface area (Å²) < 4.78 is 0. The number of hydrogen-bond donors (Lipinski definition) is 6. The van der Waals surface area contributed by atoms with Gasteiger partial charge in [-0.3, -0.25) is 24.0 Å². The van der Waals surface area contributed by atoms with E-state index >= 15 is 0 Å². The molecule has 11 nitrogen and oxygen atoms in total. The van der Waals surface area contributed by atoms with Crippen molar-refractivity contribution in [1.29, 1.82) is 0 Å². The minimum Gasteiger partial charge on any atom is -0.356 e. The molecule has 0 aromatic carbocycles. The molecule has 0 heterocycles. The predicted molar refractivity (Wildman–Crippen MR) is 198 cm³/mol. The number of nitrogens with one attached hydrogen (secondary N) is 5. The van der Waals surface area contributed by atoms with Crippen LogP contribution in [0.15, 0.2) is 12.2 Å². The SMILES string of the molecule is CC#CC.CC#CCN.CC#CCNC(=O)CCCCCNC(C)=O.CC#CCNC(C)=O.CC=CC(=O)NCCCCCNC(C)=O. The lowest BCUT2D eigenvalue weighted by molar-refractivity contribution is -0.121. The van der Waals surface area contributed by atoms with Gasteiger partial charge in [0, 0.05) is 46.8 Å². The summed E-state index contributed by atoms with van der Waals surface area (Å²) in [6.45, 7) is 18.7. The second kappa shape index (κ2) is 49.2. The van der Waals surface area contributed by atoms with Gasteiger partial charge in [-0.1, -0.05) is 30.3 Å². The minimum atomic E-state index is -0.0423. The average molecular weight is 671 g/mol. The van der Waals surface area contributed by atoms with Crippen LogP contribution in [0.1, 0.15) is 107 Å². The van der Waals surface area contributed by atoms with Gasteiger partial charge in [0.25, 0.3) is 0 Å². The van der Waals surface area contributed by atoms with Crippen LogP contribution in [0, 0.1) is 47.4 Å². The highest BCUT2D eigenvalue weighted by atomic mass is 16.2. The molecule has 48 heavy (non-hydrogen) atoms. The summed E-state index contributed by atoms with van der Waals surface area (Å²) in [5.74, 6) is 21.5. The molecule has 270 valence electrons. The third-order valence-corrected chi connectivity index (χ3v) is 4.98. The maximum atomic E-state index is 11.2. The Labute approximate surface area is 291 Å². The van der Waals surface area contributed by atoms with E-state index in [9.17, 15) is 24.0 Å². The number of amides is 5. The predicted octanol–water partition coefficient (Wildman–Crippen LogP) is 2.95. The molecule has 0 aliphatic carbocycles. The Morgan fingerprint density at radius 1 is 0.542 bits per heavy atom. The van der Waals surface area contributed by atoms with Gasteiger partial charge in [0.1, 0.15) is 0 Å². The van der Waals surface area contributed by atoms with Crippen LogP contribution in [-0.2, 0) is 24.0 Å². The summed E-state index contributed by atoms with van der Waals surface area (Å²) in [7, 11) is 0. The molecule has 0 spiro atoms. The van der Waals surface area contributed by atoms with E-state index in [1.165, 1.54) is 26.8 Å². The molecule has 0 aromatic heterocycles. The zero-order chi connectivity index (χ0) is 37.7. The van der Waals surface area contributed by atoms with Gasteiger partial charge in [0.05, 0.1) is 19.6 Å².